The van der Waals surface area contributed by atoms with Crippen molar-refractivity contribution >= 4 is 17.5 Å². The Bertz CT molecular complexity index is 810. The molecule has 1 aliphatic heterocycles. The minimum absolute atomic E-state index is 0.132. The quantitative estimate of drug-likeness (QED) is 0.798. The van der Waals surface area contributed by atoms with E-state index in [2.05, 4.69) is 10.6 Å². The molecular formula is C19H19FN2O4. The monoisotopic (exact) mass is 358 g/mol. The number of hydrogen-bond acceptors (Lipinski definition) is 4. The molecule has 2 aromatic rings. The number of ether oxygens (including phenoxy) is 2. The van der Waals surface area contributed by atoms with Crippen molar-refractivity contribution < 1.29 is 23.5 Å². The van der Waals surface area contributed by atoms with Crippen LogP contribution >= 0.6 is 0 Å². The van der Waals surface area contributed by atoms with Gasteiger partial charge >= 0.3 is 0 Å². The standard InChI is InChI=1S/C19H19FN2O4/c20-15-6-2-1-4-13(15)5-3-7-18(23)21-11-19(24)22-14-8-9-16-17(10-14)26-12-25-16/h1-2,4,6,8-10H,3,5,7,11-12H2,(H,21,23)(H,22,24). The smallest absolute Gasteiger partial charge is 0.243 e. The minimum atomic E-state index is -0.341. The van der Waals surface area contributed by atoms with Crippen LogP contribution in [0, 0.1) is 5.82 Å². The van der Waals surface area contributed by atoms with Crippen LogP contribution in [0.4, 0.5) is 10.1 Å². The summed E-state index contributed by atoms with van der Waals surface area (Å²) in [6.07, 6.45) is 1.21. The van der Waals surface area contributed by atoms with Gasteiger partial charge in [-0.2, -0.15) is 0 Å². The molecule has 0 bridgehead atoms. The van der Waals surface area contributed by atoms with E-state index in [0.717, 1.165) is 0 Å². The first-order valence-corrected chi connectivity index (χ1v) is 8.31. The number of hydrogen-bond donors (Lipinski definition) is 2. The van der Waals surface area contributed by atoms with E-state index in [1.165, 1.54) is 6.07 Å². The lowest BCUT2D eigenvalue weighted by molar-refractivity contribution is -0.124. The maximum Gasteiger partial charge on any atom is 0.243 e. The molecule has 0 atom stereocenters. The number of carbonyl (C=O) groups is 2. The summed E-state index contributed by atoms with van der Waals surface area (Å²) in [7, 11) is 0. The second kappa shape index (κ2) is 8.33. The molecule has 0 unspecified atom stereocenters. The topological polar surface area (TPSA) is 76.7 Å². The van der Waals surface area contributed by atoms with Gasteiger partial charge in [-0.3, -0.25) is 9.59 Å². The van der Waals surface area contributed by atoms with Crippen LogP contribution < -0.4 is 20.1 Å². The van der Waals surface area contributed by atoms with Gasteiger partial charge in [-0.25, -0.2) is 4.39 Å². The van der Waals surface area contributed by atoms with E-state index in [9.17, 15) is 14.0 Å². The number of amides is 2. The number of rotatable bonds is 7. The first-order valence-electron chi connectivity index (χ1n) is 8.31. The molecule has 0 saturated heterocycles. The summed E-state index contributed by atoms with van der Waals surface area (Å²) in [4.78, 5) is 23.7. The molecule has 3 rings (SSSR count). The molecule has 26 heavy (non-hydrogen) atoms. The molecule has 1 aliphatic rings. The van der Waals surface area contributed by atoms with Gasteiger partial charge in [0.1, 0.15) is 5.82 Å². The molecule has 0 aromatic heterocycles. The highest BCUT2D eigenvalue weighted by Crippen LogP contribution is 2.34. The van der Waals surface area contributed by atoms with Crippen LogP contribution in [0.25, 0.3) is 0 Å². The van der Waals surface area contributed by atoms with E-state index in [1.807, 2.05) is 0 Å². The minimum Gasteiger partial charge on any atom is -0.454 e. The van der Waals surface area contributed by atoms with Gasteiger partial charge in [-0.15, -0.1) is 0 Å². The molecule has 0 radical (unpaired) electrons. The lowest BCUT2D eigenvalue weighted by Gasteiger charge is -2.08. The highest BCUT2D eigenvalue weighted by atomic mass is 19.1. The predicted molar refractivity (Wildman–Crippen MR) is 93.5 cm³/mol. The van der Waals surface area contributed by atoms with Gasteiger partial charge in [-0.1, -0.05) is 18.2 Å². The van der Waals surface area contributed by atoms with E-state index >= 15 is 0 Å². The first kappa shape index (κ1) is 17.7. The second-order valence-electron chi connectivity index (χ2n) is 5.84. The molecule has 2 N–H and O–H groups in total. The molecule has 0 aliphatic carbocycles. The fourth-order valence-electron chi connectivity index (χ4n) is 2.59. The Hall–Kier alpha value is -3.09. The lowest BCUT2D eigenvalue weighted by Crippen LogP contribution is -2.32. The van der Waals surface area contributed by atoms with E-state index in [-0.39, 0.29) is 37.4 Å². The van der Waals surface area contributed by atoms with Crippen LogP contribution in [0.5, 0.6) is 11.5 Å². The van der Waals surface area contributed by atoms with Crippen molar-refractivity contribution in [1.82, 2.24) is 5.32 Å². The van der Waals surface area contributed by atoms with Crippen molar-refractivity contribution in [3.05, 3.63) is 53.8 Å². The number of benzene rings is 2. The summed E-state index contributed by atoms with van der Waals surface area (Å²) in [6.45, 7) is 0.0304. The third-order valence-corrected chi connectivity index (χ3v) is 3.91. The highest BCUT2D eigenvalue weighted by Gasteiger charge is 2.14. The van der Waals surface area contributed by atoms with Crippen molar-refractivity contribution in [3.63, 3.8) is 0 Å². The van der Waals surface area contributed by atoms with Crippen LogP contribution in [0.1, 0.15) is 18.4 Å². The number of aryl methyl sites for hydroxylation is 1. The summed E-state index contributed by atoms with van der Waals surface area (Å²) in [5.41, 5.74) is 1.15. The van der Waals surface area contributed by atoms with Crippen molar-refractivity contribution in [1.29, 1.82) is 0 Å². The zero-order valence-corrected chi connectivity index (χ0v) is 14.1. The zero-order valence-electron chi connectivity index (χ0n) is 14.1. The van der Waals surface area contributed by atoms with Gasteiger partial charge in [0.15, 0.2) is 11.5 Å². The molecule has 2 amide bonds. The van der Waals surface area contributed by atoms with Crippen LogP contribution in [0.2, 0.25) is 0 Å². The summed E-state index contributed by atoms with van der Waals surface area (Å²) in [6, 6.07) is 11.6. The largest absolute Gasteiger partial charge is 0.454 e. The fourth-order valence-corrected chi connectivity index (χ4v) is 2.59. The van der Waals surface area contributed by atoms with Gasteiger partial charge in [0.2, 0.25) is 18.6 Å². The average molecular weight is 358 g/mol. The Balaban J connectivity index is 1.37. The van der Waals surface area contributed by atoms with Gasteiger partial charge in [0, 0.05) is 18.2 Å². The molecule has 0 fully saturated rings. The summed E-state index contributed by atoms with van der Waals surface area (Å²) >= 11 is 0. The Morgan fingerprint density at radius 3 is 2.69 bits per heavy atom. The van der Waals surface area contributed by atoms with Crippen molar-refractivity contribution in [2.75, 3.05) is 18.7 Å². The Morgan fingerprint density at radius 2 is 1.85 bits per heavy atom. The normalized spacial score (nSPS) is 11.9. The third kappa shape index (κ3) is 4.72. The highest BCUT2D eigenvalue weighted by molar-refractivity contribution is 5.94. The van der Waals surface area contributed by atoms with Crippen molar-refractivity contribution in [3.8, 4) is 11.5 Å². The van der Waals surface area contributed by atoms with Crippen LogP contribution in [0.15, 0.2) is 42.5 Å². The van der Waals surface area contributed by atoms with Gasteiger partial charge in [-0.05, 0) is 36.6 Å². The average Bonchev–Trinajstić information content (AvgIpc) is 3.09. The van der Waals surface area contributed by atoms with Crippen molar-refractivity contribution in [2.24, 2.45) is 0 Å². The van der Waals surface area contributed by atoms with Gasteiger partial charge in [0.05, 0.1) is 6.54 Å². The second-order valence-corrected chi connectivity index (χ2v) is 5.84. The lowest BCUT2D eigenvalue weighted by atomic mass is 10.1. The molecule has 6 nitrogen and oxygen atoms in total. The van der Waals surface area contributed by atoms with Gasteiger partial charge < -0.3 is 20.1 Å². The molecule has 136 valence electrons. The molecule has 0 spiro atoms. The van der Waals surface area contributed by atoms with E-state index in [4.69, 9.17) is 9.47 Å². The third-order valence-electron chi connectivity index (χ3n) is 3.91. The van der Waals surface area contributed by atoms with E-state index in [0.29, 0.717) is 35.6 Å². The number of anilines is 1. The van der Waals surface area contributed by atoms with Crippen LogP contribution in [-0.2, 0) is 16.0 Å². The first-order chi connectivity index (χ1) is 12.6. The van der Waals surface area contributed by atoms with E-state index in [1.54, 1.807) is 36.4 Å². The van der Waals surface area contributed by atoms with Gasteiger partial charge in [0.25, 0.3) is 0 Å². The molecule has 1 heterocycles. The summed E-state index contributed by atoms with van der Waals surface area (Å²) in [5.74, 6) is 0.343. The number of carbonyl (C=O) groups excluding carboxylic acids is 2. The SMILES string of the molecule is O=C(CCCc1ccccc1F)NCC(=O)Nc1ccc2c(c1)OCO2. The molecule has 0 saturated carbocycles. The molecule has 2 aromatic carbocycles. The molecule has 7 heteroatoms. The number of fused-ring (bicyclic) bond motifs is 1. The van der Waals surface area contributed by atoms with Crippen molar-refractivity contribution in [2.45, 2.75) is 19.3 Å². The zero-order chi connectivity index (χ0) is 18.4. The fraction of sp³-hybridized carbons (Fsp3) is 0.263. The maximum absolute atomic E-state index is 13.5. The van der Waals surface area contributed by atoms with Crippen LogP contribution in [0.3, 0.4) is 0 Å². The molecular weight excluding hydrogens is 339 g/mol. The summed E-state index contributed by atoms with van der Waals surface area (Å²) in [5, 5.41) is 5.23. The number of nitrogens with one attached hydrogen (secondary N) is 2. The Morgan fingerprint density at radius 1 is 1.04 bits per heavy atom. The van der Waals surface area contributed by atoms with Crippen LogP contribution in [-0.4, -0.2) is 25.2 Å². The predicted octanol–water partition coefficient (Wildman–Crippen LogP) is 2.63. The summed E-state index contributed by atoms with van der Waals surface area (Å²) < 4.78 is 23.9. The van der Waals surface area contributed by atoms with E-state index < -0.39 is 0 Å². The maximum atomic E-state index is 13.5. The Labute approximate surface area is 150 Å². The Kier molecular flexibility index (Phi) is 5.68. The number of halogens is 1.